The van der Waals surface area contributed by atoms with Crippen LogP contribution in [0.5, 0.6) is 0 Å². The molecule has 0 aliphatic rings. The van der Waals surface area contributed by atoms with E-state index in [2.05, 4.69) is 10.6 Å². The lowest BCUT2D eigenvalue weighted by Crippen LogP contribution is -2.31. The molecule has 6 nitrogen and oxygen atoms in total. The van der Waals surface area contributed by atoms with Gasteiger partial charge in [-0.15, -0.1) is 0 Å². The van der Waals surface area contributed by atoms with Crippen molar-refractivity contribution in [2.45, 2.75) is 6.42 Å². The van der Waals surface area contributed by atoms with Gasteiger partial charge in [0.2, 0.25) is 5.91 Å². The Labute approximate surface area is 90.0 Å². The van der Waals surface area contributed by atoms with E-state index < -0.39 is 11.3 Å². The molecule has 15 heavy (non-hydrogen) atoms. The number of rotatable bonds is 2. The molecule has 0 spiro atoms. The molecule has 0 heterocycles. The number of nitrogens with one attached hydrogen (secondary N) is 1. The Kier molecular flexibility index (Phi) is 7.38. The minimum Gasteiger partial charge on any atom is -0.760 e. The predicted molar refractivity (Wildman–Crippen MR) is 55.6 cm³/mol. The molecule has 5 N–H and O–H groups in total. The van der Waals surface area contributed by atoms with E-state index in [0.29, 0.717) is 6.42 Å². The third-order valence-corrected chi connectivity index (χ3v) is 1.37. The Morgan fingerprint density at radius 1 is 1.40 bits per heavy atom. The normalized spacial score (nSPS) is 10.9. The number of hydrogen-bond donors (Lipinski definition) is 3. The maximum Gasteiger partial charge on any atom is 0.238 e. The Bertz CT molecular complexity index is 314. The van der Waals surface area contributed by atoms with Crippen LogP contribution in [0.1, 0.15) is 5.56 Å². The standard InChI is InChI=1S/C8H10N2O.H3NO2S/c9-10-8(11)6-7-4-2-1-3-5-7;1-4(2)3/h1-5H,6,9H2,(H,10,11);1H2,(H,2,3)/p-1. The molecule has 84 valence electrons. The van der Waals surface area contributed by atoms with Crippen LogP contribution in [0.2, 0.25) is 0 Å². The number of carbonyl (C=O) groups excluding carboxylic acids is 1. The first-order valence-electron chi connectivity index (χ1n) is 3.93. The van der Waals surface area contributed by atoms with E-state index in [4.69, 9.17) is 14.6 Å². The number of amides is 1. The summed E-state index contributed by atoms with van der Waals surface area (Å²) in [6, 6.07) is 9.45. The van der Waals surface area contributed by atoms with E-state index >= 15 is 0 Å². The maximum absolute atomic E-state index is 10.7. The fourth-order valence-electron chi connectivity index (χ4n) is 0.832. The second kappa shape index (κ2) is 8.06. The van der Waals surface area contributed by atoms with Crippen LogP contribution in [-0.4, -0.2) is 14.7 Å². The highest BCUT2D eigenvalue weighted by Gasteiger charge is 1.98. The lowest BCUT2D eigenvalue weighted by atomic mass is 10.1. The molecule has 0 radical (unpaired) electrons. The van der Waals surface area contributed by atoms with Crippen LogP contribution in [-0.2, 0) is 22.5 Å². The summed E-state index contributed by atoms with van der Waals surface area (Å²) in [4.78, 5) is 10.7. The minimum atomic E-state index is -2.36. The molecular formula is C8H12N3O3S-. The smallest absolute Gasteiger partial charge is 0.238 e. The van der Waals surface area contributed by atoms with Crippen molar-refractivity contribution < 1.29 is 13.6 Å². The van der Waals surface area contributed by atoms with Crippen molar-refractivity contribution in [2.75, 3.05) is 0 Å². The van der Waals surface area contributed by atoms with Gasteiger partial charge in [-0.3, -0.25) is 19.6 Å². The Hall–Kier alpha value is -1.28. The van der Waals surface area contributed by atoms with Crippen LogP contribution in [0.25, 0.3) is 0 Å². The average Bonchev–Trinajstić information content (AvgIpc) is 2.18. The summed E-state index contributed by atoms with van der Waals surface area (Å²) in [7, 11) is 0. The van der Waals surface area contributed by atoms with Gasteiger partial charge in [-0.25, -0.2) is 5.84 Å². The van der Waals surface area contributed by atoms with E-state index in [-0.39, 0.29) is 5.91 Å². The molecule has 0 saturated heterocycles. The second-order valence-corrected chi connectivity index (χ2v) is 3.01. The topological polar surface area (TPSA) is 121 Å². The number of carbonyl (C=O) groups is 1. The van der Waals surface area contributed by atoms with Gasteiger partial charge in [-0.05, 0) is 5.56 Å². The molecular weight excluding hydrogens is 218 g/mol. The molecule has 1 aromatic carbocycles. The van der Waals surface area contributed by atoms with Crippen molar-refractivity contribution in [2.24, 2.45) is 11.0 Å². The zero-order valence-corrected chi connectivity index (χ0v) is 8.70. The first-order chi connectivity index (χ1) is 7.06. The number of hydrazine groups is 1. The van der Waals surface area contributed by atoms with Crippen molar-refractivity contribution in [3.63, 3.8) is 0 Å². The van der Waals surface area contributed by atoms with Crippen molar-refractivity contribution in [1.82, 2.24) is 5.43 Å². The number of nitrogens with two attached hydrogens (primary N) is 2. The van der Waals surface area contributed by atoms with Gasteiger partial charge in [-0.1, -0.05) is 30.3 Å². The molecule has 0 bridgehead atoms. The molecule has 7 heteroatoms. The largest absolute Gasteiger partial charge is 0.760 e. The quantitative estimate of drug-likeness (QED) is 0.260. The zero-order chi connectivity index (χ0) is 11.7. The van der Waals surface area contributed by atoms with Crippen LogP contribution in [0.3, 0.4) is 0 Å². The SMILES string of the molecule is NNC(=O)Cc1ccccc1.NS(=O)[O-]. The van der Waals surface area contributed by atoms with Gasteiger partial charge >= 0.3 is 0 Å². The molecule has 1 amide bonds. The van der Waals surface area contributed by atoms with Crippen LogP contribution >= 0.6 is 0 Å². The van der Waals surface area contributed by atoms with E-state index in [1.165, 1.54) is 0 Å². The average molecular weight is 230 g/mol. The molecule has 0 fully saturated rings. The molecule has 0 aromatic heterocycles. The molecule has 0 aliphatic heterocycles. The first-order valence-corrected chi connectivity index (χ1v) is 5.07. The summed E-state index contributed by atoms with van der Waals surface area (Å²) in [6.07, 6.45) is 0.345. The Morgan fingerprint density at radius 3 is 2.27 bits per heavy atom. The Balaban J connectivity index is 0.000000423. The van der Waals surface area contributed by atoms with Gasteiger partial charge in [0.1, 0.15) is 0 Å². The van der Waals surface area contributed by atoms with Crippen molar-refractivity contribution >= 4 is 17.2 Å². The highest BCUT2D eigenvalue weighted by atomic mass is 32.2. The van der Waals surface area contributed by atoms with E-state index in [0.717, 1.165) is 5.56 Å². The number of hydrogen-bond acceptors (Lipinski definition) is 4. The zero-order valence-electron chi connectivity index (χ0n) is 7.88. The minimum absolute atomic E-state index is 0.170. The van der Waals surface area contributed by atoms with Gasteiger partial charge in [0.25, 0.3) is 0 Å². The van der Waals surface area contributed by atoms with Crippen molar-refractivity contribution in [3.05, 3.63) is 35.9 Å². The van der Waals surface area contributed by atoms with Gasteiger partial charge in [0.15, 0.2) is 0 Å². The number of benzene rings is 1. The van der Waals surface area contributed by atoms with Crippen LogP contribution < -0.4 is 16.4 Å². The summed E-state index contributed by atoms with van der Waals surface area (Å²) in [5.74, 6) is 4.75. The van der Waals surface area contributed by atoms with Crippen molar-refractivity contribution in [1.29, 1.82) is 0 Å². The lowest BCUT2D eigenvalue weighted by Gasteiger charge is -1.97. The van der Waals surface area contributed by atoms with Crippen LogP contribution in [0.15, 0.2) is 30.3 Å². The summed E-state index contributed by atoms with van der Waals surface area (Å²) >= 11 is -2.36. The predicted octanol–water partition coefficient (Wildman–Crippen LogP) is -1.04. The summed E-state index contributed by atoms with van der Waals surface area (Å²) in [5.41, 5.74) is 3.04. The van der Waals surface area contributed by atoms with Gasteiger partial charge in [0, 0.05) is 11.3 Å². The van der Waals surface area contributed by atoms with Gasteiger partial charge in [-0.2, -0.15) is 0 Å². The fourth-order valence-corrected chi connectivity index (χ4v) is 0.832. The molecule has 1 atom stereocenters. The molecule has 1 unspecified atom stereocenters. The van der Waals surface area contributed by atoms with E-state index in [1.807, 2.05) is 30.3 Å². The maximum atomic E-state index is 10.7. The summed E-state index contributed by atoms with van der Waals surface area (Å²) in [6.45, 7) is 0. The molecule has 0 saturated carbocycles. The third kappa shape index (κ3) is 9.03. The molecule has 0 aliphatic carbocycles. The fraction of sp³-hybridized carbons (Fsp3) is 0.125. The van der Waals surface area contributed by atoms with E-state index in [1.54, 1.807) is 0 Å². The monoisotopic (exact) mass is 230 g/mol. The highest BCUT2D eigenvalue weighted by Crippen LogP contribution is 1.98. The van der Waals surface area contributed by atoms with Crippen LogP contribution in [0.4, 0.5) is 0 Å². The highest BCUT2D eigenvalue weighted by molar-refractivity contribution is 7.76. The summed E-state index contributed by atoms with van der Waals surface area (Å²) < 4.78 is 17.6. The second-order valence-electron chi connectivity index (χ2n) is 2.49. The first kappa shape index (κ1) is 13.7. The molecule has 1 aromatic rings. The van der Waals surface area contributed by atoms with Crippen molar-refractivity contribution in [3.8, 4) is 0 Å². The summed E-state index contributed by atoms with van der Waals surface area (Å²) in [5, 5.41) is 4.03. The van der Waals surface area contributed by atoms with Gasteiger partial charge < -0.3 is 4.55 Å². The van der Waals surface area contributed by atoms with E-state index in [9.17, 15) is 4.79 Å². The molecule has 1 rings (SSSR count). The Morgan fingerprint density at radius 2 is 1.87 bits per heavy atom. The van der Waals surface area contributed by atoms with Crippen LogP contribution in [0, 0.1) is 0 Å². The third-order valence-electron chi connectivity index (χ3n) is 1.37. The van der Waals surface area contributed by atoms with Gasteiger partial charge in [0.05, 0.1) is 6.42 Å². The lowest BCUT2D eigenvalue weighted by molar-refractivity contribution is -0.120.